The molecule has 0 spiro atoms. The molecule has 20 heavy (non-hydrogen) atoms. The van der Waals surface area contributed by atoms with E-state index in [1.165, 1.54) is 41.3 Å². The van der Waals surface area contributed by atoms with E-state index in [0.29, 0.717) is 0 Å². The van der Waals surface area contributed by atoms with Crippen molar-refractivity contribution in [1.82, 2.24) is 5.32 Å². The fourth-order valence-corrected chi connectivity index (χ4v) is 5.19. The Kier molecular flexibility index (Phi) is 3.16. The molecule has 0 aliphatic heterocycles. The van der Waals surface area contributed by atoms with Crippen LogP contribution >= 0.6 is 11.3 Å². The molecule has 1 saturated carbocycles. The Labute approximate surface area is 124 Å². The van der Waals surface area contributed by atoms with E-state index in [-0.39, 0.29) is 0 Å². The molecular weight excluding hydrogens is 262 g/mol. The van der Waals surface area contributed by atoms with E-state index in [4.69, 9.17) is 0 Å². The smallest absolute Gasteiger partial charge is 0.0417 e. The minimum Gasteiger partial charge on any atom is -0.316 e. The number of benzene rings is 1. The van der Waals surface area contributed by atoms with Gasteiger partial charge < -0.3 is 5.32 Å². The van der Waals surface area contributed by atoms with Crippen molar-refractivity contribution in [3.05, 3.63) is 40.8 Å². The Balaban J connectivity index is 1.90. The quantitative estimate of drug-likeness (QED) is 0.861. The van der Waals surface area contributed by atoms with Gasteiger partial charge in [-0.25, -0.2) is 0 Å². The van der Waals surface area contributed by atoms with Crippen molar-refractivity contribution in [1.29, 1.82) is 0 Å². The van der Waals surface area contributed by atoms with E-state index in [1.807, 2.05) is 11.3 Å². The number of likely N-dealkylation sites (N-methyl/N-ethyl adjacent to an activating group) is 1. The predicted molar refractivity (Wildman–Crippen MR) is 88.1 cm³/mol. The monoisotopic (exact) mass is 283 g/mol. The van der Waals surface area contributed by atoms with Gasteiger partial charge in [-0.3, -0.25) is 0 Å². The van der Waals surface area contributed by atoms with E-state index in [0.717, 1.165) is 18.4 Å². The lowest BCUT2D eigenvalue weighted by molar-refractivity contribution is 0.503. The van der Waals surface area contributed by atoms with Gasteiger partial charge in [0.1, 0.15) is 0 Å². The fourth-order valence-electron chi connectivity index (χ4n) is 4.27. The molecule has 1 N–H and O–H groups in total. The second-order valence-electron chi connectivity index (χ2n) is 6.27. The lowest BCUT2D eigenvalue weighted by Crippen LogP contribution is -2.19. The lowest BCUT2D eigenvalue weighted by Gasteiger charge is -2.27. The molecule has 1 nitrogen and oxygen atoms in total. The highest BCUT2D eigenvalue weighted by Crippen LogP contribution is 2.50. The Morgan fingerprint density at radius 1 is 1.25 bits per heavy atom. The number of rotatable bonds is 3. The number of allylic oxidation sites excluding steroid dienone is 1. The van der Waals surface area contributed by atoms with Gasteiger partial charge in [0.15, 0.2) is 0 Å². The largest absolute Gasteiger partial charge is 0.316 e. The second-order valence-corrected chi connectivity index (χ2v) is 7.19. The number of fused-ring (bicyclic) bond motifs is 3. The minimum absolute atomic E-state index is 0.810. The summed E-state index contributed by atoms with van der Waals surface area (Å²) in [7, 11) is 2.08. The van der Waals surface area contributed by atoms with Crippen molar-refractivity contribution in [2.24, 2.45) is 11.8 Å². The molecule has 1 fully saturated rings. The summed E-state index contributed by atoms with van der Waals surface area (Å²) in [4.78, 5) is 0. The van der Waals surface area contributed by atoms with Crippen LogP contribution in [0.1, 0.15) is 31.2 Å². The van der Waals surface area contributed by atoms with E-state index < -0.39 is 0 Å². The summed E-state index contributed by atoms with van der Waals surface area (Å²) >= 11 is 1.90. The third kappa shape index (κ3) is 1.94. The van der Waals surface area contributed by atoms with Gasteiger partial charge >= 0.3 is 0 Å². The molecular formula is C18H21NS. The molecule has 2 atom stereocenters. The van der Waals surface area contributed by atoms with Gasteiger partial charge in [-0.1, -0.05) is 23.8 Å². The first-order chi connectivity index (χ1) is 9.86. The average molecular weight is 283 g/mol. The molecule has 1 heterocycles. The van der Waals surface area contributed by atoms with Crippen LogP contribution in [0.5, 0.6) is 0 Å². The summed E-state index contributed by atoms with van der Waals surface area (Å²) in [6, 6.07) is 9.08. The van der Waals surface area contributed by atoms with Crippen LogP contribution in [0.2, 0.25) is 0 Å². The van der Waals surface area contributed by atoms with Crippen LogP contribution in [0.25, 0.3) is 15.7 Å². The third-order valence-corrected chi connectivity index (χ3v) is 5.99. The highest BCUT2D eigenvalue weighted by atomic mass is 32.1. The SMILES string of the molecule is CNCC1=C(c2cccc3ccsc23)[C@H]2CCC(C1)C2. The molecule has 2 aromatic rings. The van der Waals surface area contributed by atoms with E-state index in [1.54, 1.807) is 11.1 Å². The van der Waals surface area contributed by atoms with Gasteiger partial charge in [-0.15, -0.1) is 11.3 Å². The highest BCUT2D eigenvalue weighted by molar-refractivity contribution is 7.17. The molecule has 104 valence electrons. The second kappa shape index (κ2) is 5.01. The fraction of sp³-hybridized carbons (Fsp3) is 0.444. The van der Waals surface area contributed by atoms with Crippen LogP contribution in [0, 0.1) is 11.8 Å². The molecule has 4 rings (SSSR count). The molecule has 2 aliphatic rings. The maximum atomic E-state index is 3.39. The van der Waals surface area contributed by atoms with Gasteiger partial charge in [-0.05, 0) is 72.5 Å². The summed E-state index contributed by atoms with van der Waals surface area (Å²) in [5.74, 6) is 1.76. The summed E-state index contributed by atoms with van der Waals surface area (Å²) < 4.78 is 1.49. The van der Waals surface area contributed by atoms with Crippen LogP contribution in [-0.4, -0.2) is 13.6 Å². The maximum Gasteiger partial charge on any atom is 0.0417 e. The Hall–Kier alpha value is -1.12. The Morgan fingerprint density at radius 3 is 3.10 bits per heavy atom. The summed E-state index contributed by atoms with van der Waals surface area (Å²) in [6.45, 7) is 1.06. The highest BCUT2D eigenvalue weighted by Gasteiger charge is 2.35. The third-order valence-electron chi connectivity index (χ3n) is 5.02. The maximum absolute atomic E-state index is 3.39. The topological polar surface area (TPSA) is 12.0 Å². The van der Waals surface area contributed by atoms with E-state index >= 15 is 0 Å². The first-order valence-corrected chi connectivity index (χ1v) is 8.58. The van der Waals surface area contributed by atoms with Crippen LogP contribution < -0.4 is 5.32 Å². The summed E-state index contributed by atoms with van der Waals surface area (Å²) in [5, 5.41) is 7.03. The standard InChI is InChI=1S/C18H21NS/c1-19-11-15-10-12-5-6-14(9-12)17(15)16-4-2-3-13-7-8-20-18(13)16/h2-4,7-8,12,14,19H,5-6,9-11H2,1H3/t12?,14-/m0/s1. The zero-order valence-electron chi connectivity index (χ0n) is 12.0. The number of thiophene rings is 1. The van der Waals surface area contributed by atoms with Gasteiger partial charge in [0, 0.05) is 11.2 Å². The van der Waals surface area contributed by atoms with Crippen molar-refractivity contribution in [2.75, 3.05) is 13.6 Å². The van der Waals surface area contributed by atoms with E-state index in [9.17, 15) is 0 Å². The molecule has 2 aliphatic carbocycles. The molecule has 0 radical (unpaired) electrons. The predicted octanol–water partition coefficient (Wildman–Crippen LogP) is 4.69. The molecule has 1 aromatic heterocycles. The zero-order valence-corrected chi connectivity index (χ0v) is 12.8. The van der Waals surface area contributed by atoms with Crippen molar-refractivity contribution in [2.45, 2.75) is 25.7 Å². The van der Waals surface area contributed by atoms with Crippen molar-refractivity contribution < 1.29 is 0 Å². The van der Waals surface area contributed by atoms with Crippen molar-refractivity contribution >= 4 is 27.0 Å². The molecule has 1 aromatic carbocycles. The van der Waals surface area contributed by atoms with Crippen LogP contribution in [0.3, 0.4) is 0 Å². The summed E-state index contributed by atoms with van der Waals surface area (Å²) in [5.41, 5.74) is 4.88. The van der Waals surface area contributed by atoms with Crippen LogP contribution in [0.15, 0.2) is 35.2 Å². The number of hydrogen-bond donors (Lipinski definition) is 1. The first kappa shape index (κ1) is 12.6. The Bertz CT molecular complexity index is 667. The first-order valence-electron chi connectivity index (χ1n) is 7.70. The molecule has 1 unspecified atom stereocenters. The number of hydrogen-bond acceptors (Lipinski definition) is 2. The zero-order chi connectivity index (χ0) is 13.5. The molecule has 2 bridgehead atoms. The van der Waals surface area contributed by atoms with Gasteiger partial charge in [0.05, 0.1) is 0 Å². The lowest BCUT2D eigenvalue weighted by atomic mass is 9.79. The van der Waals surface area contributed by atoms with Gasteiger partial charge in [-0.2, -0.15) is 0 Å². The van der Waals surface area contributed by atoms with E-state index in [2.05, 4.69) is 42.0 Å². The van der Waals surface area contributed by atoms with Crippen molar-refractivity contribution in [3.63, 3.8) is 0 Å². The normalized spacial score (nSPS) is 25.6. The van der Waals surface area contributed by atoms with Gasteiger partial charge in [0.25, 0.3) is 0 Å². The molecule has 0 amide bonds. The van der Waals surface area contributed by atoms with Gasteiger partial charge in [0.2, 0.25) is 0 Å². The molecule has 2 heteroatoms. The Morgan fingerprint density at radius 2 is 2.20 bits per heavy atom. The van der Waals surface area contributed by atoms with Crippen LogP contribution in [0.4, 0.5) is 0 Å². The number of nitrogens with one attached hydrogen (secondary N) is 1. The molecule has 0 saturated heterocycles. The average Bonchev–Trinajstić information content (AvgIpc) is 3.07. The van der Waals surface area contributed by atoms with Crippen LogP contribution in [-0.2, 0) is 0 Å². The summed E-state index contributed by atoms with van der Waals surface area (Å²) in [6.07, 6.45) is 5.57. The van der Waals surface area contributed by atoms with Crippen molar-refractivity contribution in [3.8, 4) is 0 Å². The minimum atomic E-state index is 0.810.